The van der Waals surface area contributed by atoms with Crippen LogP contribution in [0.4, 0.5) is 5.69 Å². The van der Waals surface area contributed by atoms with Gasteiger partial charge in [-0.15, -0.1) is 0 Å². The highest BCUT2D eigenvalue weighted by molar-refractivity contribution is 7.99. The fourth-order valence-electron chi connectivity index (χ4n) is 1.68. The van der Waals surface area contributed by atoms with Crippen LogP contribution in [0.3, 0.4) is 0 Å². The van der Waals surface area contributed by atoms with E-state index >= 15 is 0 Å². The van der Waals surface area contributed by atoms with Gasteiger partial charge in [-0.25, -0.2) is 4.99 Å². The number of aromatic nitrogens is 1. The number of pyridine rings is 1. The third kappa shape index (κ3) is 4.44. The summed E-state index contributed by atoms with van der Waals surface area (Å²) in [6, 6.07) is 3.54. The summed E-state index contributed by atoms with van der Waals surface area (Å²) in [5, 5.41) is 2.71. The third-order valence-corrected chi connectivity index (χ3v) is 3.61. The Morgan fingerprint density at radius 1 is 1.53 bits per heavy atom. The van der Waals surface area contributed by atoms with E-state index in [1.807, 2.05) is 16.7 Å². The highest BCUT2D eigenvalue weighted by atomic mass is 32.2. The number of aliphatic imine (C=N–C) groups is 1. The van der Waals surface area contributed by atoms with Gasteiger partial charge in [0, 0.05) is 30.8 Å². The molecule has 1 amide bonds. The molecule has 0 unspecified atom stereocenters. The zero-order valence-corrected chi connectivity index (χ0v) is 11.4. The van der Waals surface area contributed by atoms with Gasteiger partial charge in [0.15, 0.2) is 5.96 Å². The van der Waals surface area contributed by atoms with Gasteiger partial charge < -0.3 is 16.0 Å². The molecule has 1 aromatic heterocycles. The lowest BCUT2D eigenvalue weighted by atomic mass is 10.4. The Morgan fingerprint density at radius 2 is 2.32 bits per heavy atom. The first-order valence-electron chi connectivity index (χ1n) is 6.08. The minimum absolute atomic E-state index is 0.0321. The molecule has 0 aliphatic carbocycles. The molecular formula is C12H17N5OS. The highest BCUT2D eigenvalue weighted by Crippen LogP contribution is 2.08. The van der Waals surface area contributed by atoms with Crippen molar-refractivity contribution < 1.29 is 4.79 Å². The zero-order chi connectivity index (χ0) is 13.5. The van der Waals surface area contributed by atoms with Gasteiger partial charge in [0.1, 0.15) is 6.54 Å². The van der Waals surface area contributed by atoms with E-state index in [-0.39, 0.29) is 12.5 Å². The number of hydrogen-bond donors (Lipinski definition) is 2. The maximum atomic E-state index is 11.7. The number of anilines is 1. The molecule has 1 saturated heterocycles. The molecule has 0 saturated carbocycles. The number of carbonyl (C=O) groups excluding carboxylic acids is 1. The minimum atomic E-state index is -0.192. The molecule has 102 valence electrons. The summed E-state index contributed by atoms with van der Waals surface area (Å²) in [6.45, 7) is 1.82. The van der Waals surface area contributed by atoms with E-state index in [0.29, 0.717) is 11.6 Å². The molecule has 0 aromatic carbocycles. The molecule has 7 heteroatoms. The monoisotopic (exact) mass is 279 g/mol. The number of nitrogens with zero attached hydrogens (tertiary/aromatic N) is 3. The number of nitrogens with two attached hydrogens (primary N) is 1. The molecule has 0 atom stereocenters. The Kier molecular flexibility index (Phi) is 5.02. The van der Waals surface area contributed by atoms with Gasteiger partial charge in [-0.3, -0.25) is 9.78 Å². The van der Waals surface area contributed by atoms with E-state index < -0.39 is 0 Å². The van der Waals surface area contributed by atoms with Crippen LogP contribution >= 0.6 is 11.8 Å². The fourth-order valence-corrected chi connectivity index (χ4v) is 2.59. The first kappa shape index (κ1) is 13.7. The summed E-state index contributed by atoms with van der Waals surface area (Å²) in [5.41, 5.74) is 6.53. The summed E-state index contributed by atoms with van der Waals surface area (Å²) in [7, 11) is 0. The van der Waals surface area contributed by atoms with E-state index in [1.165, 1.54) is 0 Å². The van der Waals surface area contributed by atoms with E-state index in [2.05, 4.69) is 15.3 Å². The Hall–Kier alpha value is -1.76. The van der Waals surface area contributed by atoms with Crippen LogP contribution in [0.15, 0.2) is 29.5 Å². The first-order valence-corrected chi connectivity index (χ1v) is 7.23. The summed E-state index contributed by atoms with van der Waals surface area (Å²) in [4.78, 5) is 21.7. The molecule has 0 radical (unpaired) electrons. The molecule has 2 heterocycles. The number of hydrogen-bond acceptors (Lipinski definition) is 4. The van der Waals surface area contributed by atoms with Crippen LogP contribution in [0.1, 0.15) is 0 Å². The molecule has 2 rings (SSSR count). The summed E-state index contributed by atoms with van der Waals surface area (Å²) >= 11 is 1.90. The summed E-state index contributed by atoms with van der Waals surface area (Å²) in [6.07, 6.45) is 3.24. The van der Waals surface area contributed by atoms with Crippen LogP contribution in [-0.4, -0.2) is 52.9 Å². The number of rotatable bonds is 3. The average molecular weight is 279 g/mol. The van der Waals surface area contributed by atoms with Gasteiger partial charge >= 0.3 is 0 Å². The van der Waals surface area contributed by atoms with Crippen molar-refractivity contribution in [2.24, 2.45) is 10.7 Å². The van der Waals surface area contributed by atoms with Gasteiger partial charge in [0.25, 0.3) is 0 Å². The number of carbonyl (C=O) groups is 1. The van der Waals surface area contributed by atoms with Crippen molar-refractivity contribution in [2.45, 2.75) is 0 Å². The first-order chi connectivity index (χ1) is 9.25. The normalized spacial score (nSPS) is 16.2. The molecule has 0 spiro atoms. The van der Waals surface area contributed by atoms with Crippen molar-refractivity contribution in [3.63, 3.8) is 0 Å². The number of thioether (sulfide) groups is 1. The molecule has 1 aliphatic heterocycles. The van der Waals surface area contributed by atoms with Crippen molar-refractivity contribution in [1.29, 1.82) is 0 Å². The second kappa shape index (κ2) is 6.98. The SMILES string of the molecule is NC(=NCC(=O)Nc1cccnc1)N1CCSCC1. The largest absolute Gasteiger partial charge is 0.370 e. The van der Waals surface area contributed by atoms with Crippen LogP contribution in [0.25, 0.3) is 0 Å². The predicted molar refractivity (Wildman–Crippen MR) is 78.3 cm³/mol. The molecule has 3 N–H and O–H groups in total. The van der Waals surface area contributed by atoms with Crippen molar-refractivity contribution >= 4 is 29.3 Å². The maximum absolute atomic E-state index is 11.7. The Balaban J connectivity index is 1.82. The van der Waals surface area contributed by atoms with Crippen LogP contribution < -0.4 is 11.1 Å². The molecule has 6 nitrogen and oxygen atoms in total. The number of nitrogens with one attached hydrogen (secondary N) is 1. The summed E-state index contributed by atoms with van der Waals surface area (Å²) in [5.74, 6) is 2.36. The predicted octanol–water partition coefficient (Wildman–Crippen LogP) is 0.384. The second-order valence-corrected chi connectivity index (χ2v) is 5.29. The second-order valence-electron chi connectivity index (χ2n) is 4.06. The van der Waals surface area contributed by atoms with Gasteiger partial charge in [0.05, 0.1) is 11.9 Å². The lowest BCUT2D eigenvalue weighted by Gasteiger charge is -2.27. The molecule has 19 heavy (non-hydrogen) atoms. The zero-order valence-electron chi connectivity index (χ0n) is 10.6. The summed E-state index contributed by atoms with van der Waals surface area (Å²) < 4.78 is 0. The van der Waals surface area contributed by atoms with E-state index in [0.717, 1.165) is 24.6 Å². The lowest BCUT2D eigenvalue weighted by Crippen LogP contribution is -2.43. The van der Waals surface area contributed by atoms with Gasteiger partial charge in [-0.05, 0) is 12.1 Å². The van der Waals surface area contributed by atoms with Crippen molar-refractivity contribution in [3.8, 4) is 0 Å². The standard InChI is InChI=1S/C12H17N5OS/c13-12(17-4-6-19-7-5-17)15-9-11(18)16-10-2-1-3-14-8-10/h1-3,8H,4-7,9H2,(H2,13,15)(H,16,18). The quantitative estimate of drug-likeness (QED) is 0.617. The Bertz CT molecular complexity index is 445. The van der Waals surface area contributed by atoms with Crippen LogP contribution in [-0.2, 0) is 4.79 Å². The molecule has 1 aliphatic rings. The van der Waals surface area contributed by atoms with Crippen LogP contribution in [0.5, 0.6) is 0 Å². The van der Waals surface area contributed by atoms with Crippen molar-refractivity contribution in [2.75, 3.05) is 36.5 Å². The average Bonchev–Trinajstić information content (AvgIpc) is 2.47. The number of amides is 1. The Labute approximate surface area is 116 Å². The van der Waals surface area contributed by atoms with E-state index in [9.17, 15) is 4.79 Å². The topological polar surface area (TPSA) is 83.6 Å². The lowest BCUT2D eigenvalue weighted by molar-refractivity contribution is -0.114. The minimum Gasteiger partial charge on any atom is -0.370 e. The van der Waals surface area contributed by atoms with Crippen molar-refractivity contribution in [3.05, 3.63) is 24.5 Å². The van der Waals surface area contributed by atoms with E-state index in [1.54, 1.807) is 24.5 Å². The van der Waals surface area contributed by atoms with Crippen molar-refractivity contribution in [1.82, 2.24) is 9.88 Å². The fraction of sp³-hybridized carbons (Fsp3) is 0.417. The van der Waals surface area contributed by atoms with Crippen LogP contribution in [0.2, 0.25) is 0 Å². The molecule has 1 aromatic rings. The molecule has 1 fully saturated rings. The van der Waals surface area contributed by atoms with Crippen LogP contribution in [0, 0.1) is 0 Å². The van der Waals surface area contributed by atoms with Gasteiger partial charge in [0.2, 0.25) is 5.91 Å². The third-order valence-electron chi connectivity index (χ3n) is 2.67. The Morgan fingerprint density at radius 3 is 3.00 bits per heavy atom. The van der Waals surface area contributed by atoms with Gasteiger partial charge in [-0.1, -0.05) is 0 Å². The molecular weight excluding hydrogens is 262 g/mol. The maximum Gasteiger partial charge on any atom is 0.246 e. The van der Waals surface area contributed by atoms with E-state index in [4.69, 9.17) is 5.73 Å². The highest BCUT2D eigenvalue weighted by Gasteiger charge is 2.12. The van der Waals surface area contributed by atoms with Gasteiger partial charge in [-0.2, -0.15) is 11.8 Å². The smallest absolute Gasteiger partial charge is 0.246 e. The molecule has 0 bridgehead atoms. The number of guanidine groups is 1.